The maximum atomic E-state index is 12.2. The number of hydrogen-bond donors (Lipinski definition) is 1. The Morgan fingerprint density at radius 1 is 1.09 bits per heavy atom. The van der Waals surface area contributed by atoms with Crippen LogP contribution in [0.5, 0.6) is 5.75 Å². The van der Waals surface area contributed by atoms with Gasteiger partial charge in [0.15, 0.2) is 12.3 Å². The first kappa shape index (κ1) is 14.8. The number of methoxy groups -OCH3 is 1. The van der Waals surface area contributed by atoms with Crippen LogP contribution in [0.3, 0.4) is 0 Å². The van der Waals surface area contributed by atoms with Gasteiger partial charge in [-0.05, 0) is 18.2 Å². The zero-order valence-corrected chi connectivity index (χ0v) is 12.4. The number of ether oxygens (including phenoxy) is 2. The molecule has 0 saturated heterocycles. The van der Waals surface area contributed by atoms with Crippen LogP contribution in [0.2, 0.25) is 0 Å². The number of aromatic amines is 1. The lowest BCUT2D eigenvalue weighted by atomic mass is 10.1. The molecule has 0 aliphatic heterocycles. The van der Waals surface area contributed by atoms with E-state index in [2.05, 4.69) is 10.2 Å². The molecule has 0 saturated carbocycles. The van der Waals surface area contributed by atoms with Crippen LogP contribution in [0.25, 0.3) is 10.9 Å². The third kappa shape index (κ3) is 2.91. The van der Waals surface area contributed by atoms with Crippen LogP contribution in [0, 0.1) is 0 Å². The van der Waals surface area contributed by atoms with Crippen LogP contribution in [0.15, 0.2) is 48.5 Å². The Morgan fingerprint density at radius 3 is 2.65 bits per heavy atom. The van der Waals surface area contributed by atoms with Gasteiger partial charge in [0, 0.05) is 5.39 Å². The number of hydrogen-bond acceptors (Lipinski definition) is 5. The van der Waals surface area contributed by atoms with E-state index in [-0.39, 0.29) is 18.1 Å². The number of nitrogens with one attached hydrogen (secondary N) is 1. The second-order valence-corrected chi connectivity index (χ2v) is 4.82. The van der Waals surface area contributed by atoms with Gasteiger partial charge in [-0.2, -0.15) is 5.10 Å². The molecule has 0 aliphatic rings. The fourth-order valence-electron chi connectivity index (χ4n) is 2.27. The molecule has 0 spiro atoms. The van der Waals surface area contributed by atoms with E-state index in [9.17, 15) is 9.59 Å². The SMILES string of the molecule is COc1ccccc1C(=O)COC(=O)c1n[nH]c2ccccc12. The van der Waals surface area contributed by atoms with Gasteiger partial charge in [0.25, 0.3) is 0 Å². The van der Waals surface area contributed by atoms with Crippen molar-refractivity contribution in [2.45, 2.75) is 0 Å². The van der Waals surface area contributed by atoms with Crippen molar-refractivity contribution in [3.63, 3.8) is 0 Å². The Labute approximate surface area is 132 Å². The van der Waals surface area contributed by atoms with Gasteiger partial charge in [-0.1, -0.05) is 30.3 Å². The lowest BCUT2D eigenvalue weighted by Gasteiger charge is -2.07. The van der Waals surface area contributed by atoms with E-state index >= 15 is 0 Å². The molecule has 0 atom stereocenters. The molecule has 1 heterocycles. The number of esters is 1. The van der Waals surface area contributed by atoms with Crippen molar-refractivity contribution in [1.29, 1.82) is 0 Å². The smallest absolute Gasteiger partial charge is 0.359 e. The summed E-state index contributed by atoms with van der Waals surface area (Å²) in [5.41, 5.74) is 1.26. The summed E-state index contributed by atoms with van der Waals surface area (Å²) in [5, 5.41) is 7.35. The first-order valence-electron chi connectivity index (χ1n) is 6.97. The van der Waals surface area contributed by atoms with Crippen molar-refractivity contribution < 1.29 is 19.1 Å². The van der Waals surface area contributed by atoms with Crippen molar-refractivity contribution in [2.75, 3.05) is 13.7 Å². The third-order valence-electron chi connectivity index (χ3n) is 3.41. The Balaban J connectivity index is 1.73. The molecule has 3 aromatic rings. The van der Waals surface area contributed by atoms with Crippen LogP contribution in [-0.4, -0.2) is 35.7 Å². The molecular weight excluding hydrogens is 296 g/mol. The number of carbonyl (C=O) groups is 2. The van der Waals surface area contributed by atoms with Crippen LogP contribution in [0.4, 0.5) is 0 Å². The molecule has 1 aromatic heterocycles. The lowest BCUT2D eigenvalue weighted by molar-refractivity contribution is 0.0470. The van der Waals surface area contributed by atoms with E-state index in [1.54, 1.807) is 42.5 Å². The zero-order valence-electron chi connectivity index (χ0n) is 12.4. The quantitative estimate of drug-likeness (QED) is 0.578. The van der Waals surface area contributed by atoms with Gasteiger partial charge in [0.1, 0.15) is 5.75 Å². The number of carbonyl (C=O) groups excluding carboxylic acids is 2. The highest BCUT2D eigenvalue weighted by molar-refractivity contribution is 6.04. The molecule has 0 aliphatic carbocycles. The maximum Gasteiger partial charge on any atom is 0.359 e. The number of H-pyrrole nitrogens is 1. The molecule has 116 valence electrons. The molecule has 0 fully saturated rings. The first-order valence-corrected chi connectivity index (χ1v) is 6.97. The van der Waals surface area contributed by atoms with Crippen molar-refractivity contribution >= 4 is 22.7 Å². The molecule has 2 aromatic carbocycles. The summed E-state index contributed by atoms with van der Waals surface area (Å²) in [6.07, 6.45) is 0. The Morgan fingerprint density at radius 2 is 1.83 bits per heavy atom. The number of rotatable bonds is 5. The van der Waals surface area contributed by atoms with Crippen LogP contribution < -0.4 is 4.74 Å². The fourth-order valence-corrected chi connectivity index (χ4v) is 2.27. The number of Topliss-reactive ketones (excluding diaryl/α,β-unsaturated/α-hetero) is 1. The van der Waals surface area contributed by atoms with Crippen LogP contribution >= 0.6 is 0 Å². The van der Waals surface area contributed by atoms with Gasteiger partial charge in [0.2, 0.25) is 5.78 Å². The number of aromatic nitrogens is 2. The van der Waals surface area contributed by atoms with E-state index in [0.29, 0.717) is 16.7 Å². The molecule has 6 nitrogen and oxygen atoms in total. The Kier molecular flexibility index (Phi) is 4.05. The highest BCUT2D eigenvalue weighted by Gasteiger charge is 2.18. The number of para-hydroxylation sites is 2. The van der Waals surface area contributed by atoms with Crippen molar-refractivity contribution in [1.82, 2.24) is 10.2 Å². The number of ketones is 1. The van der Waals surface area contributed by atoms with E-state index < -0.39 is 5.97 Å². The fraction of sp³-hybridized carbons (Fsp3) is 0.118. The first-order chi connectivity index (χ1) is 11.2. The van der Waals surface area contributed by atoms with Gasteiger partial charge in [-0.15, -0.1) is 0 Å². The van der Waals surface area contributed by atoms with Crippen molar-refractivity contribution in [3.8, 4) is 5.75 Å². The second kappa shape index (κ2) is 6.31. The molecule has 3 rings (SSSR count). The molecule has 0 bridgehead atoms. The molecule has 1 N–H and O–H groups in total. The summed E-state index contributed by atoms with van der Waals surface area (Å²) >= 11 is 0. The second-order valence-electron chi connectivity index (χ2n) is 4.82. The summed E-state index contributed by atoms with van der Waals surface area (Å²) in [4.78, 5) is 24.3. The predicted octanol–water partition coefficient (Wildman–Crippen LogP) is 2.61. The Hall–Kier alpha value is -3.15. The summed E-state index contributed by atoms with van der Waals surface area (Å²) in [6, 6.07) is 14.0. The predicted molar refractivity (Wildman–Crippen MR) is 83.7 cm³/mol. The molecule has 0 radical (unpaired) electrons. The largest absolute Gasteiger partial charge is 0.496 e. The summed E-state index contributed by atoms with van der Waals surface area (Å²) in [6.45, 7) is -0.375. The van der Waals surface area contributed by atoms with Crippen LogP contribution in [0.1, 0.15) is 20.8 Å². The van der Waals surface area contributed by atoms with Crippen LogP contribution in [-0.2, 0) is 4.74 Å². The number of fused-ring (bicyclic) bond motifs is 1. The number of benzene rings is 2. The topological polar surface area (TPSA) is 81.3 Å². The Bertz CT molecular complexity index is 870. The van der Waals surface area contributed by atoms with Gasteiger partial charge in [-0.25, -0.2) is 4.79 Å². The lowest BCUT2D eigenvalue weighted by Crippen LogP contribution is -2.15. The standard InChI is InChI=1S/C17H14N2O4/c1-22-15-9-5-3-7-12(15)14(20)10-23-17(21)16-11-6-2-4-8-13(11)18-19-16/h2-9H,10H2,1H3,(H,18,19). The molecular formula is C17H14N2O4. The maximum absolute atomic E-state index is 12.2. The highest BCUT2D eigenvalue weighted by atomic mass is 16.5. The monoisotopic (exact) mass is 310 g/mol. The highest BCUT2D eigenvalue weighted by Crippen LogP contribution is 2.19. The minimum atomic E-state index is -0.648. The summed E-state index contributed by atoms with van der Waals surface area (Å²) in [5.74, 6) is -0.542. The van der Waals surface area contributed by atoms with Gasteiger partial charge >= 0.3 is 5.97 Å². The van der Waals surface area contributed by atoms with Crippen molar-refractivity contribution in [3.05, 3.63) is 59.8 Å². The van der Waals surface area contributed by atoms with E-state index in [0.717, 1.165) is 5.52 Å². The molecule has 6 heteroatoms. The zero-order chi connectivity index (χ0) is 16.2. The summed E-state index contributed by atoms with van der Waals surface area (Å²) in [7, 11) is 1.48. The van der Waals surface area contributed by atoms with Gasteiger partial charge < -0.3 is 9.47 Å². The minimum absolute atomic E-state index is 0.161. The molecule has 0 unspecified atom stereocenters. The molecule has 23 heavy (non-hydrogen) atoms. The third-order valence-corrected chi connectivity index (χ3v) is 3.41. The van der Waals surface area contributed by atoms with Gasteiger partial charge in [0.05, 0.1) is 18.2 Å². The van der Waals surface area contributed by atoms with Gasteiger partial charge in [-0.3, -0.25) is 9.89 Å². The normalized spacial score (nSPS) is 10.5. The van der Waals surface area contributed by atoms with E-state index in [1.807, 2.05) is 6.07 Å². The average molecular weight is 310 g/mol. The average Bonchev–Trinajstić information content (AvgIpc) is 3.03. The summed E-state index contributed by atoms with van der Waals surface area (Å²) < 4.78 is 10.2. The molecule has 0 amide bonds. The number of nitrogens with zero attached hydrogens (tertiary/aromatic N) is 1. The van der Waals surface area contributed by atoms with Crippen molar-refractivity contribution in [2.24, 2.45) is 0 Å². The minimum Gasteiger partial charge on any atom is -0.496 e. The van der Waals surface area contributed by atoms with E-state index in [1.165, 1.54) is 7.11 Å². The van der Waals surface area contributed by atoms with E-state index in [4.69, 9.17) is 9.47 Å².